The van der Waals surface area contributed by atoms with E-state index < -0.39 is 0 Å². The summed E-state index contributed by atoms with van der Waals surface area (Å²) in [5.74, 6) is 1.31. The molecule has 2 heteroatoms. The first-order valence-corrected chi connectivity index (χ1v) is 6.57. The molecule has 1 aromatic rings. The highest BCUT2D eigenvalue weighted by atomic mass is 19.1. The van der Waals surface area contributed by atoms with Gasteiger partial charge in [-0.2, -0.15) is 0 Å². The molecule has 0 aromatic heterocycles. The second-order valence-corrected chi connectivity index (χ2v) is 5.62. The Bertz CT molecular complexity index is 389. The lowest BCUT2D eigenvalue weighted by molar-refractivity contribution is 0.414. The fourth-order valence-corrected chi connectivity index (χ4v) is 2.95. The quantitative estimate of drug-likeness (QED) is 0.853. The fourth-order valence-electron chi connectivity index (χ4n) is 2.95. The summed E-state index contributed by atoms with van der Waals surface area (Å²) in [6, 6.07) is 5.23. The molecule has 1 aromatic carbocycles. The third-order valence-corrected chi connectivity index (χ3v) is 4.10. The van der Waals surface area contributed by atoms with E-state index >= 15 is 0 Å². The molecule has 2 N–H and O–H groups in total. The van der Waals surface area contributed by atoms with Gasteiger partial charge in [-0.1, -0.05) is 19.4 Å². The Kier molecular flexibility index (Phi) is 3.82. The standard InChI is InChI=1S/C15H22FN/c1-10-3-4-13(7-10)15(17)9-12-5-6-14(16)8-11(12)2/h5-6,8,10,13,15H,3-4,7,9,17H2,1-2H3. The van der Waals surface area contributed by atoms with Crippen LogP contribution in [0.5, 0.6) is 0 Å². The average molecular weight is 235 g/mol. The summed E-state index contributed by atoms with van der Waals surface area (Å²) >= 11 is 0. The first-order valence-electron chi connectivity index (χ1n) is 6.57. The molecule has 0 radical (unpaired) electrons. The molecule has 17 heavy (non-hydrogen) atoms. The second kappa shape index (κ2) is 5.18. The SMILES string of the molecule is Cc1cc(F)ccc1CC(N)C1CCC(C)C1. The molecular formula is C15H22FN. The minimum absolute atomic E-state index is 0.158. The molecule has 0 amide bonds. The zero-order valence-electron chi connectivity index (χ0n) is 10.7. The van der Waals surface area contributed by atoms with E-state index in [9.17, 15) is 4.39 Å². The van der Waals surface area contributed by atoms with Crippen LogP contribution in [0.1, 0.15) is 37.3 Å². The largest absolute Gasteiger partial charge is 0.327 e. The molecule has 3 unspecified atom stereocenters. The van der Waals surface area contributed by atoms with Gasteiger partial charge in [0.2, 0.25) is 0 Å². The number of nitrogens with two attached hydrogens (primary N) is 1. The van der Waals surface area contributed by atoms with Crippen molar-refractivity contribution in [2.24, 2.45) is 17.6 Å². The van der Waals surface area contributed by atoms with Crippen molar-refractivity contribution in [1.82, 2.24) is 0 Å². The Labute approximate surface area is 103 Å². The molecular weight excluding hydrogens is 213 g/mol. The number of benzene rings is 1. The smallest absolute Gasteiger partial charge is 0.123 e. The highest BCUT2D eigenvalue weighted by Crippen LogP contribution is 2.33. The maximum Gasteiger partial charge on any atom is 0.123 e. The monoisotopic (exact) mass is 235 g/mol. The molecule has 1 aliphatic rings. The van der Waals surface area contributed by atoms with Gasteiger partial charge in [0.05, 0.1) is 0 Å². The first kappa shape index (κ1) is 12.6. The maximum absolute atomic E-state index is 13.0. The van der Waals surface area contributed by atoms with Gasteiger partial charge in [-0.15, -0.1) is 0 Å². The molecule has 2 rings (SSSR count). The van der Waals surface area contributed by atoms with E-state index in [1.165, 1.54) is 30.9 Å². The van der Waals surface area contributed by atoms with E-state index in [-0.39, 0.29) is 11.9 Å². The number of hydrogen-bond acceptors (Lipinski definition) is 1. The Morgan fingerprint density at radius 1 is 1.41 bits per heavy atom. The summed E-state index contributed by atoms with van der Waals surface area (Å²) in [4.78, 5) is 0. The van der Waals surface area contributed by atoms with Crippen molar-refractivity contribution in [1.29, 1.82) is 0 Å². The van der Waals surface area contributed by atoms with Crippen molar-refractivity contribution in [2.75, 3.05) is 0 Å². The number of aryl methyl sites for hydroxylation is 1. The molecule has 0 heterocycles. The summed E-state index contributed by atoms with van der Waals surface area (Å²) in [6.45, 7) is 4.26. The van der Waals surface area contributed by atoms with Crippen molar-refractivity contribution in [3.8, 4) is 0 Å². The number of rotatable bonds is 3. The summed E-state index contributed by atoms with van der Waals surface area (Å²) in [7, 11) is 0. The normalized spacial score (nSPS) is 26.1. The lowest BCUT2D eigenvalue weighted by atomic mass is 9.91. The van der Waals surface area contributed by atoms with Crippen LogP contribution in [0.3, 0.4) is 0 Å². The topological polar surface area (TPSA) is 26.0 Å². The van der Waals surface area contributed by atoms with E-state index in [4.69, 9.17) is 5.73 Å². The molecule has 1 aliphatic carbocycles. The van der Waals surface area contributed by atoms with E-state index in [0.717, 1.165) is 17.9 Å². The minimum atomic E-state index is -0.158. The van der Waals surface area contributed by atoms with Crippen molar-refractivity contribution in [2.45, 2.75) is 45.6 Å². The third-order valence-electron chi connectivity index (χ3n) is 4.10. The van der Waals surface area contributed by atoms with Gasteiger partial charge in [-0.05, 0) is 61.3 Å². The van der Waals surface area contributed by atoms with E-state index in [1.54, 1.807) is 6.07 Å². The number of halogens is 1. The van der Waals surface area contributed by atoms with Crippen LogP contribution in [0, 0.1) is 24.6 Å². The molecule has 1 saturated carbocycles. The van der Waals surface area contributed by atoms with E-state index in [1.807, 2.05) is 13.0 Å². The molecule has 1 fully saturated rings. The van der Waals surface area contributed by atoms with Gasteiger partial charge < -0.3 is 5.73 Å². The Morgan fingerprint density at radius 3 is 2.76 bits per heavy atom. The van der Waals surface area contributed by atoms with Gasteiger partial charge in [0, 0.05) is 6.04 Å². The highest BCUT2D eigenvalue weighted by molar-refractivity contribution is 5.27. The predicted octanol–water partition coefficient (Wildman–Crippen LogP) is 3.44. The van der Waals surface area contributed by atoms with Crippen LogP contribution in [0.4, 0.5) is 4.39 Å². The Balaban J connectivity index is 2.00. The van der Waals surface area contributed by atoms with Crippen molar-refractivity contribution >= 4 is 0 Å². The van der Waals surface area contributed by atoms with Gasteiger partial charge in [-0.3, -0.25) is 0 Å². The Hall–Kier alpha value is -0.890. The zero-order chi connectivity index (χ0) is 12.4. The third kappa shape index (κ3) is 3.06. The van der Waals surface area contributed by atoms with Crippen LogP contribution >= 0.6 is 0 Å². The lowest BCUT2D eigenvalue weighted by Gasteiger charge is -2.20. The molecule has 0 saturated heterocycles. The first-order chi connectivity index (χ1) is 8.06. The van der Waals surface area contributed by atoms with Crippen molar-refractivity contribution in [3.63, 3.8) is 0 Å². The van der Waals surface area contributed by atoms with Crippen molar-refractivity contribution in [3.05, 3.63) is 35.1 Å². The van der Waals surface area contributed by atoms with Crippen LogP contribution < -0.4 is 5.73 Å². The molecule has 94 valence electrons. The van der Waals surface area contributed by atoms with Crippen LogP contribution in [0.2, 0.25) is 0 Å². The minimum Gasteiger partial charge on any atom is -0.327 e. The van der Waals surface area contributed by atoms with Crippen LogP contribution in [-0.2, 0) is 6.42 Å². The molecule has 0 spiro atoms. The van der Waals surface area contributed by atoms with Crippen molar-refractivity contribution < 1.29 is 4.39 Å². The average Bonchev–Trinajstić information content (AvgIpc) is 2.69. The van der Waals surface area contributed by atoms with Gasteiger partial charge >= 0.3 is 0 Å². The number of hydrogen-bond donors (Lipinski definition) is 1. The molecule has 1 nitrogen and oxygen atoms in total. The zero-order valence-corrected chi connectivity index (χ0v) is 10.7. The molecule has 3 atom stereocenters. The summed E-state index contributed by atoms with van der Waals surface area (Å²) < 4.78 is 13.0. The van der Waals surface area contributed by atoms with Crippen LogP contribution in [-0.4, -0.2) is 6.04 Å². The van der Waals surface area contributed by atoms with E-state index in [0.29, 0.717) is 5.92 Å². The van der Waals surface area contributed by atoms with Crippen LogP contribution in [0.25, 0.3) is 0 Å². The highest BCUT2D eigenvalue weighted by Gasteiger charge is 2.26. The fraction of sp³-hybridized carbons (Fsp3) is 0.600. The van der Waals surface area contributed by atoms with Gasteiger partial charge in [0.25, 0.3) is 0 Å². The molecule has 0 aliphatic heterocycles. The predicted molar refractivity (Wildman–Crippen MR) is 69.3 cm³/mol. The lowest BCUT2D eigenvalue weighted by Crippen LogP contribution is -2.31. The second-order valence-electron chi connectivity index (χ2n) is 5.62. The van der Waals surface area contributed by atoms with Gasteiger partial charge in [0.1, 0.15) is 5.82 Å². The summed E-state index contributed by atoms with van der Waals surface area (Å²) in [6.07, 6.45) is 4.69. The van der Waals surface area contributed by atoms with Gasteiger partial charge in [0.15, 0.2) is 0 Å². The maximum atomic E-state index is 13.0. The van der Waals surface area contributed by atoms with E-state index in [2.05, 4.69) is 6.92 Å². The Morgan fingerprint density at radius 2 is 2.18 bits per heavy atom. The summed E-state index contributed by atoms with van der Waals surface area (Å²) in [5.41, 5.74) is 8.50. The summed E-state index contributed by atoms with van der Waals surface area (Å²) in [5, 5.41) is 0. The van der Waals surface area contributed by atoms with Gasteiger partial charge in [-0.25, -0.2) is 4.39 Å². The molecule has 0 bridgehead atoms. The van der Waals surface area contributed by atoms with Crippen LogP contribution in [0.15, 0.2) is 18.2 Å².